The van der Waals surface area contributed by atoms with Gasteiger partial charge in [-0.05, 0) is 43.7 Å². The summed E-state index contributed by atoms with van der Waals surface area (Å²) >= 11 is 14.3. The molecule has 0 N–H and O–H groups in total. The lowest BCUT2D eigenvalue weighted by molar-refractivity contribution is 0.417. The molecule has 33 heavy (non-hydrogen) atoms. The molecule has 0 aliphatic rings. The van der Waals surface area contributed by atoms with Gasteiger partial charge in [0.05, 0.1) is 26.2 Å². The lowest BCUT2D eigenvalue weighted by Gasteiger charge is -2.09. The van der Waals surface area contributed by atoms with Crippen molar-refractivity contribution in [3.63, 3.8) is 0 Å². The molecular weight excluding hydrogens is 475 g/mol. The maximum atomic E-state index is 6.56. The van der Waals surface area contributed by atoms with E-state index in [-0.39, 0.29) is 5.92 Å². The molecule has 4 aromatic rings. The number of unbranched alkanes of at least 4 members (excludes halogenated alkanes) is 2. The van der Waals surface area contributed by atoms with Gasteiger partial charge in [-0.1, -0.05) is 67.4 Å². The Kier molecular flexibility index (Phi) is 7.23. The van der Waals surface area contributed by atoms with Crippen LogP contribution in [0.4, 0.5) is 0 Å². The third-order valence-electron chi connectivity index (χ3n) is 5.13. The average molecular weight is 499 g/mol. The van der Waals surface area contributed by atoms with Crippen molar-refractivity contribution in [3.8, 4) is 39.7 Å². The zero-order valence-electron chi connectivity index (χ0n) is 18.9. The number of hydrogen-bond donors (Lipinski definition) is 0. The fraction of sp³-hybridized carbons (Fsp3) is 0.320. The standard InChI is InChI=1S/C25H24Cl2N4OS/c1-5-6-7-8-9-18-11-13-21(33-18)23-16(4)22(25-28-24(15(2)3)30-32-25)29-31(23)20-12-10-17(26)14-19(20)27/h10-15H,5-7H2,1-4H3. The second-order valence-corrected chi connectivity index (χ2v) is 9.94. The Balaban J connectivity index is 1.85. The first-order chi connectivity index (χ1) is 15.9. The molecule has 0 saturated carbocycles. The molecule has 3 aromatic heterocycles. The minimum Gasteiger partial charge on any atom is -0.332 e. The van der Waals surface area contributed by atoms with E-state index in [1.54, 1.807) is 23.5 Å². The van der Waals surface area contributed by atoms with Crippen molar-refractivity contribution in [3.05, 3.63) is 56.6 Å². The highest BCUT2D eigenvalue weighted by molar-refractivity contribution is 7.16. The zero-order chi connectivity index (χ0) is 23.5. The lowest BCUT2D eigenvalue weighted by Crippen LogP contribution is -2.00. The van der Waals surface area contributed by atoms with Crippen LogP contribution in [-0.4, -0.2) is 19.9 Å². The fourth-order valence-corrected chi connectivity index (χ4v) is 4.79. The molecule has 0 saturated heterocycles. The molecule has 0 aliphatic heterocycles. The van der Waals surface area contributed by atoms with E-state index in [9.17, 15) is 0 Å². The molecule has 170 valence electrons. The van der Waals surface area contributed by atoms with Crippen LogP contribution in [0.15, 0.2) is 34.9 Å². The highest BCUT2D eigenvalue weighted by Crippen LogP contribution is 2.38. The molecule has 3 heterocycles. The average Bonchev–Trinajstić information content (AvgIpc) is 3.50. The monoisotopic (exact) mass is 498 g/mol. The Morgan fingerprint density at radius 3 is 2.70 bits per heavy atom. The molecule has 8 heteroatoms. The predicted octanol–water partition coefficient (Wildman–Crippen LogP) is 7.93. The number of nitrogens with zero attached hydrogens (tertiary/aromatic N) is 4. The van der Waals surface area contributed by atoms with Gasteiger partial charge in [-0.3, -0.25) is 0 Å². The quantitative estimate of drug-likeness (QED) is 0.200. The summed E-state index contributed by atoms with van der Waals surface area (Å²) in [4.78, 5) is 6.60. The summed E-state index contributed by atoms with van der Waals surface area (Å²) in [5.41, 5.74) is 3.18. The second kappa shape index (κ2) is 10.1. The van der Waals surface area contributed by atoms with Crippen LogP contribution in [0.5, 0.6) is 0 Å². The van der Waals surface area contributed by atoms with Crippen molar-refractivity contribution >= 4 is 34.5 Å². The van der Waals surface area contributed by atoms with Crippen LogP contribution in [0.3, 0.4) is 0 Å². The van der Waals surface area contributed by atoms with Gasteiger partial charge in [0, 0.05) is 22.9 Å². The Hall–Kier alpha value is -2.59. The van der Waals surface area contributed by atoms with Crippen molar-refractivity contribution < 1.29 is 4.52 Å². The highest BCUT2D eigenvalue weighted by Gasteiger charge is 2.25. The van der Waals surface area contributed by atoms with E-state index < -0.39 is 0 Å². The van der Waals surface area contributed by atoms with Crippen molar-refractivity contribution in [1.82, 2.24) is 19.9 Å². The van der Waals surface area contributed by atoms with E-state index in [0.29, 0.717) is 27.5 Å². The van der Waals surface area contributed by atoms with E-state index in [4.69, 9.17) is 32.8 Å². The van der Waals surface area contributed by atoms with Crippen molar-refractivity contribution in [1.29, 1.82) is 0 Å². The van der Waals surface area contributed by atoms with E-state index in [1.807, 2.05) is 37.6 Å². The topological polar surface area (TPSA) is 56.7 Å². The van der Waals surface area contributed by atoms with Gasteiger partial charge >= 0.3 is 0 Å². The van der Waals surface area contributed by atoms with E-state index in [0.717, 1.165) is 46.0 Å². The first-order valence-electron chi connectivity index (χ1n) is 10.9. The van der Waals surface area contributed by atoms with Gasteiger partial charge in [0.2, 0.25) is 0 Å². The molecule has 0 atom stereocenters. The van der Waals surface area contributed by atoms with Gasteiger partial charge in [0.15, 0.2) is 11.5 Å². The normalized spacial score (nSPS) is 11.1. The molecule has 0 spiro atoms. The Labute approximate surface area is 207 Å². The van der Waals surface area contributed by atoms with Crippen LogP contribution in [0.25, 0.3) is 27.8 Å². The first-order valence-corrected chi connectivity index (χ1v) is 12.4. The maximum Gasteiger partial charge on any atom is 0.278 e. The molecule has 0 aliphatic carbocycles. The number of benzene rings is 1. The SMILES string of the molecule is CCCCC#Cc1ccc(-c2c(C)c(-c3nc(C(C)C)no3)nn2-c2ccc(Cl)cc2Cl)s1. The van der Waals surface area contributed by atoms with E-state index in [2.05, 4.69) is 35.0 Å². The number of hydrogen-bond acceptors (Lipinski definition) is 5. The summed E-state index contributed by atoms with van der Waals surface area (Å²) in [5, 5.41) is 10.0. The second-order valence-electron chi connectivity index (χ2n) is 8.01. The van der Waals surface area contributed by atoms with Gasteiger partial charge < -0.3 is 4.52 Å². The first kappa shape index (κ1) is 23.6. The summed E-state index contributed by atoms with van der Waals surface area (Å²) in [6.45, 7) is 8.22. The third-order valence-corrected chi connectivity index (χ3v) is 6.67. The van der Waals surface area contributed by atoms with Crippen LogP contribution in [0, 0.1) is 18.8 Å². The minimum absolute atomic E-state index is 0.154. The Bertz CT molecular complexity index is 1340. The summed E-state index contributed by atoms with van der Waals surface area (Å²) in [7, 11) is 0. The molecule has 4 rings (SSSR count). The van der Waals surface area contributed by atoms with Gasteiger partial charge in [-0.15, -0.1) is 11.3 Å². The molecule has 0 radical (unpaired) electrons. The predicted molar refractivity (Wildman–Crippen MR) is 135 cm³/mol. The Morgan fingerprint density at radius 1 is 1.18 bits per heavy atom. The van der Waals surface area contributed by atoms with Gasteiger partial charge in [-0.2, -0.15) is 10.1 Å². The van der Waals surface area contributed by atoms with Crippen LogP contribution >= 0.6 is 34.5 Å². The largest absolute Gasteiger partial charge is 0.332 e. The van der Waals surface area contributed by atoms with Gasteiger partial charge in [-0.25, -0.2) is 4.68 Å². The van der Waals surface area contributed by atoms with Crippen LogP contribution in [0.2, 0.25) is 10.0 Å². The zero-order valence-corrected chi connectivity index (χ0v) is 21.3. The molecule has 0 fully saturated rings. The Morgan fingerprint density at radius 2 is 2.00 bits per heavy atom. The van der Waals surface area contributed by atoms with Crippen molar-refractivity contribution in [2.45, 2.75) is 52.9 Å². The van der Waals surface area contributed by atoms with E-state index in [1.165, 1.54) is 0 Å². The van der Waals surface area contributed by atoms with Crippen LogP contribution in [0.1, 0.15) is 62.2 Å². The van der Waals surface area contributed by atoms with Gasteiger partial charge in [0.25, 0.3) is 5.89 Å². The smallest absolute Gasteiger partial charge is 0.278 e. The number of rotatable bonds is 6. The third kappa shape index (κ3) is 5.01. The molecular formula is C25H24Cl2N4OS. The van der Waals surface area contributed by atoms with E-state index >= 15 is 0 Å². The lowest BCUT2D eigenvalue weighted by atomic mass is 10.1. The minimum atomic E-state index is 0.154. The number of halogens is 2. The molecule has 1 aromatic carbocycles. The maximum absolute atomic E-state index is 6.56. The number of thiophene rings is 1. The fourth-order valence-electron chi connectivity index (χ4n) is 3.33. The van der Waals surface area contributed by atoms with Gasteiger partial charge in [0.1, 0.15) is 0 Å². The molecule has 5 nitrogen and oxygen atoms in total. The van der Waals surface area contributed by atoms with Crippen molar-refractivity contribution in [2.75, 3.05) is 0 Å². The van der Waals surface area contributed by atoms with Crippen LogP contribution < -0.4 is 0 Å². The molecule has 0 unspecified atom stereocenters. The number of aromatic nitrogens is 4. The highest BCUT2D eigenvalue weighted by atomic mass is 35.5. The van der Waals surface area contributed by atoms with Crippen molar-refractivity contribution in [2.24, 2.45) is 0 Å². The summed E-state index contributed by atoms with van der Waals surface area (Å²) in [6.07, 6.45) is 3.15. The summed E-state index contributed by atoms with van der Waals surface area (Å²) in [6, 6.07) is 9.47. The summed E-state index contributed by atoms with van der Waals surface area (Å²) < 4.78 is 7.38. The summed E-state index contributed by atoms with van der Waals surface area (Å²) in [5.74, 6) is 7.72. The van der Waals surface area contributed by atoms with Crippen LogP contribution in [-0.2, 0) is 0 Å². The molecule has 0 bridgehead atoms. The molecule has 0 amide bonds.